The molecule has 40 heavy (non-hydrogen) atoms. The Kier molecular flexibility index (Phi) is 8.60. The average Bonchev–Trinajstić information content (AvgIpc) is 3.18. The summed E-state index contributed by atoms with van der Waals surface area (Å²) in [4.78, 5) is 27.1. The van der Waals surface area contributed by atoms with Crippen LogP contribution in [0.25, 0.3) is 11.3 Å². The number of anilines is 3. The van der Waals surface area contributed by atoms with Crippen molar-refractivity contribution < 1.29 is 19.1 Å². The van der Waals surface area contributed by atoms with Crippen LogP contribution in [0.5, 0.6) is 5.75 Å². The number of aromatic nitrogens is 3. The van der Waals surface area contributed by atoms with Crippen LogP contribution in [0.4, 0.5) is 17.5 Å². The highest BCUT2D eigenvalue weighted by molar-refractivity contribution is 6.74. The third kappa shape index (κ3) is 6.02. The monoisotopic (exact) mass is 580 g/mol. The van der Waals surface area contributed by atoms with E-state index in [0.29, 0.717) is 46.8 Å². The van der Waals surface area contributed by atoms with Crippen molar-refractivity contribution >= 4 is 51.0 Å². The minimum Gasteiger partial charge on any atom is -0.495 e. The van der Waals surface area contributed by atoms with Crippen molar-refractivity contribution in [3.63, 3.8) is 0 Å². The lowest BCUT2D eigenvalue weighted by atomic mass is 9.85. The molecule has 2 N–H and O–H groups in total. The lowest BCUT2D eigenvalue weighted by molar-refractivity contribution is 0.219. The lowest BCUT2D eigenvalue weighted by Crippen LogP contribution is -2.46. The van der Waals surface area contributed by atoms with Crippen LogP contribution in [0.3, 0.4) is 0 Å². The predicted octanol–water partition coefficient (Wildman–Crippen LogP) is 5.35. The van der Waals surface area contributed by atoms with Gasteiger partial charge in [0.2, 0.25) is 5.95 Å². The molecule has 0 amide bonds. The smallest absolute Gasteiger partial charge is 0.330 e. The van der Waals surface area contributed by atoms with Crippen LogP contribution in [-0.4, -0.2) is 62.2 Å². The van der Waals surface area contributed by atoms with Crippen LogP contribution in [0, 0.1) is 0 Å². The summed E-state index contributed by atoms with van der Waals surface area (Å²) in [6.07, 6.45) is 4.21. The molecule has 12 heteroatoms. The third-order valence-corrected chi connectivity index (χ3v) is 12.7. The van der Waals surface area contributed by atoms with Gasteiger partial charge in [0.05, 0.1) is 25.1 Å². The zero-order valence-electron chi connectivity index (χ0n) is 24.1. The Bertz CT molecular complexity index is 1400. The molecule has 1 unspecified atom stereocenters. The molecule has 0 aliphatic carbocycles. The number of aliphatic hydroxyl groups is 1. The number of benzene rings is 1. The molecule has 4 rings (SSSR count). The number of hydrogen-bond donors (Lipinski definition) is 2. The molecule has 1 aromatic carbocycles. The van der Waals surface area contributed by atoms with Crippen LogP contribution < -0.4 is 14.9 Å². The number of hydrogen-bond acceptors (Lipinski definition) is 9. The number of fused-ring (bicyclic) bond motifs is 1. The van der Waals surface area contributed by atoms with E-state index in [1.807, 2.05) is 10.9 Å². The third-order valence-electron chi connectivity index (χ3n) is 7.84. The Hall–Kier alpha value is -2.99. The van der Waals surface area contributed by atoms with Gasteiger partial charge < -0.3 is 29.2 Å². The first-order chi connectivity index (χ1) is 18.8. The molecule has 1 aliphatic rings. The number of nitrogens with one attached hydrogen (secondary N) is 1. The van der Waals surface area contributed by atoms with Crippen LogP contribution in [0.2, 0.25) is 23.2 Å². The maximum Gasteiger partial charge on any atom is 0.330 e. The van der Waals surface area contributed by atoms with Crippen molar-refractivity contribution in [2.75, 3.05) is 30.4 Å². The fourth-order valence-corrected chi connectivity index (χ4v) is 5.70. The summed E-state index contributed by atoms with van der Waals surface area (Å²) in [5.41, 5.74) is 3.25. The maximum absolute atomic E-state index is 11.4. The Morgan fingerprint density at radius 3 is 2.67 bits per heavy atom. The number of methoxy groups -OCH3 is 1. The minimum absolute atomic E-state index is 0.0786. The van der Waals surface area contributed by atoms with E-state index >= 15 is 0 Å². The number of halogens is 1. The van der Waals surface area contributed by atoms with Crippen molar-refractivity contribution in [2.24, 2.45) is 0 Å². The fraction of sp³-hybridized carbons (Fsp3) is 0.429. The lowest BCUT2D eigenvalue weighted by Gasteiger charge is -2.39. The van der Waals surface area contributed by atoms with Crippen LogP contribution in [-0.2, 0) is 21.2 Å². The summed E-state index contributed by atoms with van der Waals surface area (Å²) >= 11 is 6.30. The standard InChI is InChI=1S/C28H36BClN5O4Si/c1-27(2,3)40(6,7)39-16-28(4)15-35(29-17-37)25-20(28)10-18(13-32-25)22-8-9-31-26(33-22)34-23-12-21(30)19(14-36)11-24(23)38-5/h8-13,17,36H,14-16H2,1-7H3,(H,31,33,34). The molecule has 2 aromatic heterocycles. The molecule has 1 aliphatic heterocycles. The summed E-state index contributed by atoms with van der Waals surface area (Å²) in [5, 5.41) is 13.2. The van der Waals surface area contributed by atoms with Crippen molar-refractivity contribution in [3.05, 3.63) is 52.8 Å². The second-order valence-corrected chi connectivity index (χ2v) is 17.0. The highest BCUT2D eigenvalue weighted by Crippen LogP contribution is 2.43. The Balaban J connectivity index is 1.67. The van der Waals surface area contributed by atoms with E-state index < -0.39 is 8.32 Å². The first kappa shape index (κ1) is 30.0. The molecule has 0 saturated carbocycles. The van der Waals surface area contributed by atoms with E-state index in [0.717, 1.165) is 23.1 Å². The number of rotatable bonds is 10. The quantitative estimate of drug-likeness (QED) is 0.242. The largest absolute Gasteiger partial charge is 0.495 e. The Labute approximate surface area is 242 Å². The maximum atomic E-state index is 11.4. The summed E-state index contributed by atoms with van der Waals surface area (Å²) in [6, 6.07) is 7.25. The summed E-state index contributed by atoms with van der Waals surface area (Å²) in [7, 11) is 1.06. The van der Waals surface area contributed by atoms with Gasteiger partial charge in [-0.25, -0.2) is 15.0 Å². The molecule has 0 spiro atoms. The van der Waals surface area contributed by atoms with Crippen molar-refractivity contribution in [1.82, 2.24) is 15.0 Å². The van der Waals surface area contributed by atoms with E-state index in [4.69, 9.17) is 30.7 Å². The van der Waals surface area contributed by atoms with Gasteiger partial charge in [-0.1, -0.05) is 39.3 Å². The number of pyridine rings is 1. The van der Waals surface area contributed by atoms with Crippen LogP contribution >= 0.6 is 11.6 Å². The van der Waals surface area contributed by atoms with E-state index in [-0.39, 0.29) is 17.1 Å². The second-order valence-electron chi connectivity index (χ2n) is 11.8. The first-order valence-electron chi connectivity index (χ1n) is 13.1. The summed E-state index contributed by atoms with van der Waals surface area (Å²) in [5.74, 6) is 1.60. The minimum atomic E-state index is -2.00. The number of carbonyl (C=O) groups excluding carboxylic acids is 1. The van der Waals surface area contributed by atoms with Gasteiger partial charge in [0, 0.05) is 47.1 Å². The SMILES string of the molecule is COc1cc(CO)c(Cl)cc1Nc1nccc(-c2cnc3c(c2)C(C)(CO[Si](C)(C)C(C)(C)C)CN3[B]C=O)n1. The van der Waals surface area contributed by atoms with Gasteiger partial charge in [0.1, 0.15) is 17.8 Å². The summed E-state index contributed by atoms with van der Waals surface area (Å²) in [6.45, 7) is 14.2. The molecule has 1 radical (unpaired) electrons. The van der Waals surface area contributed by atoms with E-state index in [1.54, 1.807) is 31.6 Å². The molecule has 0 fully saturated rings. The van der Waals surface area contributed by atoms with Gasteiger partial charge in [-0.05, 0) is 48.0 Å². The molecular formula is C28H36BClN5O4Si. The van der Waals surface area contributed by atoms with Crippen molar-refractivity contribution in [3.8, 4) is 17.0 Å². The Morgan fingerprint density at radius 2 is 2.02 bits per heavy atom. The van der Waals surface area contributed by atoms with Crippen molar-refractivity contribution in [2.45, 2.75) is 57.8 Å². The van der Waals surface area contributed by atoms with E-state index in [9.17, 15) is 9.90 Å². The second kappa shape index (κ2) is 11.5. The highest BCUT2D eigenvalue weighted by atomic mass is 35.5. The van der Waals surface area contributed by atoms with Gasteiger partial charge in [0.25, 0.3) is 0 Å². The molecule has 0 bridgehead atoms. The number of carbonyl (C=O) groups is 1. The average molecular weight is 581 g/mol. The molecule has 3 heterocycles. The number of aliphatic hydroxyl groups excluding tert-OH is 1. The van der Waals surface area contributed by atoms with Gasteiger partial charge in [-0.3, -0.25) is 0 Å². The molecule has 9 nitrogen and oxygen atoms in total. The molecular weight excluding hydrogens is 545 g/mol. The fourth-order valence-electron chi connectivity index (χ4n) is 4.37. The van der Waals surface area contributed by atoms with Gasteiger partial charge in [-0.2, -0.15) is 0 Å². The molecule has 211 valence electrons. The first-order valence-corrected chi connectivity index (χ1v) is 16.4. The summed E-state index contributed by atoms with van der Waals surface area (Å²) < 4.78 is 12.1. The highest BCUT2D eigenvalue weighted by Gasteiger charge is 2.44. The van der Waals surface area contributed by atoms with Gasteiger partial charge in [0.15, 0.2) is 8.32 Å². The molecule has 1 atom stereocenters. The molecule has 0 saturated heterocycles. The zero-order valence-corrected chi connectivity index (χ0v) is 25.8. The zero-order chi connectivity index (χ0) is 29.3. The molecule has 3 aromatic rings. The number of ether oxygens (including phenoxy) is 1. The normalized spacial score (nSPS) is 17.0. The van der Waals surface area contributed by atoms with Crippen LogP contribution in [0.1, 0.15) is 38.8 Å². The van der Waals surface area contributed by atoms with Crippen molar-refractivity contribution in [1.29, 1.82) is 0 Å². The Morgan fingerprint density at radius 1 is 1.27 bits per heavy atom. The van der Waals surface area contributed by atoms with Crippen LogP contribution in [0.15, 0.2) is 36.7 Å². The van der Waals surface area contributed by atoms with E-state index in [1.165, 1.54) is 7.41 Å². The topological polar surface area (TPSA) is 110 Å². The van der Waals surface area contributed by atoms with Gasteiger partial charge >= 0.3 is 7.41 Å². The van der Waals surface area contributed by atoms with E-state index in [2.05, 4.69) is 57.2 Å². The number of nitrogens with zero attached hydrogens (tertiary/aromatic N) is 4. The van der Waals surface area contributed by atoms with Gasteiger partial charge in [-0.15, -0.1) is 0 Å². The predicted molar refractivity (Wildman–Crippen MR) is 163 cm³/mol.